The van der Waals surface area contributed by atoms with Crippen molar-refractivity contribution in [3.05, 3.63) is 35.5 Å². The minimum absolute atomic E-state index is 0.388. The smallest absolute Gasteiger partial charge is 0.126 e. The predicted octanol–water partition coefficient (Wildman–Crippen LogP) is 5.52. The van der Waals surface area contributed by atoms with Gasteiger partial charge in [0.2, 0.25) is 0 Å². The van der Waals surface area contributed by atoms with E-state index in [2.05, 4.69) is 35.5 Å². The highest BCUT2D eigenvalue weighted by molar-refractivity contribution is 6.33. The van der Waals surface area contributed by atoms with Gasteiger partial charge in [0.1, 0.15) is 11.6 Å². The number of hydrogen-bond acceptors (Lipinski definition) is 6. The maximum absolute atomic E-state index is 9.65. The number of pyridine rings is 2. The molecule has 0 aromatic carbocycles. The summed E-state index contributed by atoms with van der Waals surface area (Å²) in [6.45, 7) is 6.16. The van der Waals surface area contributed by atoms with Crippen molar-refractivity contribution >= 4 is 23.2 Å². The van der Waals surface area contributed by atoms with Crippen molar-refractivity contribution in [1.29, 1.82) is 5.26 Å². The lowest BCUT2D eigenvalue weighted by Gasteiger charge is -2.30. The number of nitrogens with zero attached hydrogens (tertiary/aromatic N) is 3. The van der Waals surface area contributed by atoms with Crippen LogP contribution in [0.1, 0.15) is 46.0 Å². The van der Waals surface area contributed by atoms with Gasteiger partial charge in [-0.2, -0.15) is 5.26 Å². The zero-order chi connectivity index (χ0) is 21.4. The number of nitrogens with one attached hydrogen (secondary N) is 2. The lowest BCUT2D eigenvalue weighted by molar-refractivity contribution is 0.0455. The fourth-order valence-corrected chi connectivity index (χ4v) is 3.88. The normalized spacial score (nSPS) is 16.5. The fraction of sp³-hybridized carbons (Fsp3) is 0.522. The Morgan fingerprint density at radius 1 is 1.27 bits per heavy atom. The van der Waals surface area contributed by atoms with Crippen molar-refractivity contribution in [2.45, 2.75) is 52.0 Å². The molecule has 0 aliphatic carbocycles. The Labute approximate surface area is 184 Å². The number of rotatable bonds is 9. The zero-order valence-corrected chi connectivity index (χ0v) is 18.5. The van der Waals surface area contributed by atoms with Crippen LogP contribution in [0, 0.1) is 16.7 Å². The topological polar surface area (TPSA) is 82.9 Å². The van der Waals surface area contributed by atoms with Crippen LogP contribution in [0.25, 0.3) is 11.3 Å². The van der Waals surface area contributed by atoms with Gasteiger partial charge in [0.25, 0.3) is 0 Å². The van der Waals surface area contributed by atoms with Crippen LogP contribution >= 0.6 is 11.6 Å². The molecule has 2 N–H and O–H groups in total. The molecule has 0 bridgehead atoms. The van der Waals surface area contributed by atoms with E-state index in [0.29, 0.717) is 30.8 Å². The third-order valence-corrected chi connectivity index (χ3v) is 5.96. The number of ether oxygens (including phenoxy) is 1. The Bertz CT molecular complexity index is 876. The molecule has 1 aliphatic rings. The van der Waals surface area contributed by atoms with Crippen molar-refractivity contribution in [2.75, 3.05) is 30.4 Å². The van der Waals surface area contributed by atoms with Gasteiger partial charge >= 0.3 is 0 Å². The maximum Gasteiger partial charge on any atom is 0.126 e. The number of anilines is 2. The van der Waals surface area contributed by atoms with E-state index in [-0.39, 0.29) is 0 Å². The molecule has 0 unspecified atom stereocenters. The Balaban J connectivity index is 1.76. The second-order valence-electron chi connectivity index (χ2n) is 7.85. The second-order valence-corrected chi connectivity index (χ2v) is 8.26. The first kappa shape index (κ1) is 22.3. The van der Waals surface area contributed by atoms with Gasteiger partial charge in [-0.15, -0.1) is 0 Å². The van der Waals surface area contributed by atoms with Crippen molar-refractivity contribution in [1.82, 2.24) is 9.97 Å². The van der Waals surface area contributed by atoms with Crippen LogP contribution in [-0.2, 0) is 4.74 Å². The summed E-state index contributed by atoms with van der Waals surface area (Å²) in [5.41, 5.74) is 1.21. The lowest BCUT2D eigenvalue weighted by Crippen LogP contribution is -2.34. The summed E-state index contributed by atoms with van der Waals surface area (Å²) >= 11 is 6.45. The summed E-state index contributed by atoms with van der Waals surface area (Å²) in [6, 6.07) is 10.6. The van der Waals surface area contributed by atoms with Crippen LogP contribution in [0.5, 0.6) is 0 Å². The van der Waals surface area contributed by atoms with Crippen LogP contribution in [0.2, 0.25) is 5.02 Å². The van der Waals surface area contributed by atoms with E-state index < -0.39 is 5.41 Å². The molecule has 2 aromatic rings. The van der Waals surface area contributed by atoms with Crippen molar-refractivity contribution in [3.8, 4) is 17.3 Å². The van der Waals surface area contributed by atoms with Crippen molar-refractivity contribution in [2.24, 2.45) is 5.41 Å². The van der Waals surface area contributed by atoms with Gasteiger partial charge in [-0.25, -0.2) is 9.97 Å². The quantitative estimate of drug-likeness (QED) is 0.548. The van der Waals surface area contributed by atoms with Gasteiger partial charge in [0, 0.05) is 37.6 Å². The molecular formula is C23H30ClN5O. The van der Waals surface area contributed by atoms with Crippen LogP contribution < -0.4 is 10.6 Å². The number of hydrogen-bond donors (Lipinski definition) is 2. The first-order valence-electron chi connectivity index (χ1n) is 10.7. The molecule has 7 heteroatoms. The molecule has 2 aromatic heterocycles. The monoisotopic (exact) mass is 427 g/mol. The summed E-state index contributed by atoms with van der Waals surface area (Å²) in [6.07, 6.45) is 6.40. The summed E-state index contributed by atoms with van der Waals surface area (Å²) < 4.78 is 5.41. The molecule has 0 amide bonds. The lowest BCUT2D eigenvalue weighted by atomic mass is 9.82. The zero-order valence-electron chi connectivity index (χ0n) is 17.7. The first-order valence-corrected chi connectivity index (χ1v) is 11.1. The predicted molar refractivity (Wildman–Crippen MR) is 122 cm³/mol. The largest absolute Gasteiger partial charge is 0.381 e. The molecule has 6 nitrogen and oxygen atoms in total. The molecule has 1 atom stereocenters. The van der Waals surface area contributed by atoms with Crippen LogP contribution in [-0.4, -0.2) is 35.8 Å². The average molecular weight is 428 g/mol. The van der Waals surface area contributed by atoms with Crippen LogP contribution in [0.15, 0.2) is 30.5 Å². The molecule has 1 saturated heterocycles. The number of nitriles is 1. The van der Waals surface area contributed by atoms with Crippen molar-refractivity contribution in [3.63, 3.8) is 0 Å². The van der Waals surface area contributed by atoms with Gasteiger partial charge in [-0.3, -0.25) is 0 Å². The molecule has 3 heterocycles. The van der Waals surface area contributed by atoms with E-state index in [4.69, 9.17) is 21.3 Å². The summed E-state index contributed by atoms with van der Waals surface area (Å²) in [5.74, 6) is 1.54. The van der Waals surface area contributed by atoms with Gasteiger partial charge in [0.05, 0.1) is 22.2 Å². The summed E-state index contributed by atoms with van der Waals surface area (Å²) in [4.78, 5) is 9.18. The van der Waals surface area contributed by atoms with Gasteiger partial charge in [0.15, 0.2) is 0 Å². The summed E-state index contributed by atoms with van der Waals surface area (Å²) in [5, 5.41) is 17.1. The fourth-order valence-electron chi connectivity index (χ4n) is 3.68. The Morgan fingerprint density at radius 3 is 2.77 bits per heavy atom. The number of halogens is 1. The van der Waals surface area contributed by atoms with Crippen molar-refractivity contribution < 1.29 is 4.74 Å². The third-order valence-electron chi connectivity index (χ3n) is 5.66. The standard InChI is InChI=1S/C23H30ClN5O/c1-3-6-17(4-2)28-22-13-18(19(24)14-26-22)20-7-5-8-21(29-20)27-16-23(15-25)9-11-30-12-10-23/h5,7-8,13-14,17H,3-4,6,9-12,16H2,1-2H3,(H,26,28)(H,27,29)/t17-/m0/s1. The van der Waals surface area contributed by atoms with E-state index >= 15 is 0 Å². The maximum atomic E-state index is 9.65. The molecule has 0 radical (unpaired) electrons. The van der Waals surface area contributed by atoms with E-state index in [1.54, 1.807) is 6.20 Å². The molecule has 1 aliphatic heterocycles. The molecule has 160 valence electrons. The molecule has 1 fully saturated rings. The van der Waals surface area contributed by atoms with E-state index in [1.165, 1.54) is 0 Å². The summed E-state index contributed by atoms with van der Waals surface area (Å²) in [7, 11) is 0. The Kier molecular flexibility index (Phi) is 7.89. The highest BCUT2D eigenvalue weighted by atomic mass is 35.5. The third kappa shape index (κ3) is 5.62. The average Bonchev–Trinajstić information content (AvgIpc) is 2.79. The molecule has 30 heavy (non-hydrogen) atoms. The minimum atomic E-state index is -0.407. The second kappa shape index (κ2) is 10.6. The van der Waals surface area contributed by atoms with Gasteiger partial charge < -0.3 is 15.4 Å². The molecule has 3 rings (SSSR count). The Hall–Kier alpha value is -2.36. The first-order chi connectivity index (χ1) is 14.6. The minimum Gasteiger partial charge on any atom is -0.381 e. The SMILES string of the molecule is CCC[C@H](CC)Nc1cc(-c2cccc(NCC3(C#N)CCOCC3)n2)c(Cl)cn1. The molecular weight excluding hydrogens is 398 g/mol. The molecule has 0 saturated carbocycles. The van der Waals surface area contributed by atoms with Gasteiger partial charge in [-0.05, 0) is 43.9 Å². The number of aromatic nitrogens is 2. The van der Waals surface area contributed by atoms with Gasteiger partial charge in [-0.1, -0.05) is 37.9 Å². The Morgan fingerprint density at radius 2 is 2.07 bits per heavy atom. The van der Waals surface area contributed by atoms with E-state index in [1.807, 2.05) is 24.3 Å². The van der Waals surface area contributed by atoms with Crippen LogP contribution in [0.4, 0.5) is 11.6 Å². The highest BCUT2D eigenvalue weighted by Crippen LogP contribution is 2.31. The van der Waals surface area contributed by atoms with E-state index in [9.17, 15) is 5.26 Å². The molecule has 0 spiro atoms. The highest BCUT2D eigenvalue weighted by Gasteiger charge is 2.32. The van der Waals surface area contributed by atoms with Crippen LogP contribution in [0.3, 0.4) is 0 Å². The van der Waals surface area contributed by atoms with E-state index in [0.717, 1.165) is 55.0 Å².